The molecule has 152 valence electrons. The van der Waals surface area contributed by atoms with Gasteiger partial charge >= 0.3 is 0 Å². The SMILES string of the molecule is COc1ccc(NC(=O)c2nc(N3CCSCC3)c3c(C)scc3n2)cc1OC. The van der Waals surface area contributed by atoms with E-state index in [-0.39, 0.29) is 11.7 Å². The highest BCUT2D eigenvalue weighted by Crippen LogP contribution is 2.33. The van der Waals surface area contributed by atoms with Gasteiger partial charge < -0.3 is 19.7 Å². The zero-order valence-corrected chi connectivity index (χ0v) is 18.2. The molecular formula is C20H22N4O3S2. The molecule has 0 bridgehead atoms. The highest BCUT2D eigenvalue weighted by Gasteiger charge is 2.22. The topological polar surface area (TPSA) is 76.6 Å². The number of aromatic nitrogens is 2. The maximum atomic E-state index is 12.9. The smallest absolute Gasteiger partial charge is 0.293 e. The van der Waals surface area contributed by atoms with Crippen molar-refractivity contribution in [2.24, 2.45) is 0 Å². The number of ether oxygens (including phenoxy) is 2. The number of benzene rings is 1. The highest BCUT2D eigenvalue weighted by atomic mass is 32.2. The van der Waals surface area contributed by atoms with E-state index < -0.39 is 0 Å². The van der Waals surface area contributed by atoms with E-state index in [1.807, 2.05) is 17.1 Å². The first-order valence-electron chi connectivity index (χ1n) is 9.22. The third-order valence-corrected chi connectivity index (χ3v) is 6.61. The Labute approximate surface area is 177 Å². The lowest BCUT2D eigenvalue weighted by Gasteiger charge is -2.28. The fourth-order valence-electron chi connectivity index (χ4n) is 3.30. The number of nitrogens with one attached hydrogen (secondary N) is 1. The summed E-state index contributed by atoms with van der Waals surface area (Å²) < 4.78 is 10.6. The Morgan fingerprint density at radius 2 is 1.90 bits per heavy atom. The highest BCUT2D eigenvalue weighted by molar-refractivity contribution is 7.99. The van der Waals surface area contributed by atoms with Crippen molar-refractivity contribution >= 4 is 51.4 Å². The van der Waals surface area contributed by atoms with Crippen LogP contribution >= 0.6 is 23.1 Å². The van der Waals surface area contributed by atoms with E-state index in [0.29, 0.717) is 17.2 Å². The van der Waals surface area contributed by atoms with Crippen LogP contribution in [0.25, 0.3) is 10.9 Å². The van der Waals surface area contributed by atoms with Crippen molar-refractivity contribution in [3.8, 4) is 11.5 Å². The number of carbonyl (C=O) groups excluding carboxylic acids is 1. The maximum absolute atomic E-state index is 12.9. The van der Waals surface area contributed by atoms with Gasteiger partial charge in [0, 0.05) is 46.6 Å². The molecule has 0 unspecified atom stereocenters. The van der Waals surface area contributed by atoms with Gasteiger partial charge in [-0.05, 0) is 19.1 Å². The lowest BCUT2D eigenvalue weighted by atomic mass is 10.2. The molecule has 3 heterocycles. The minimum atomic E-state index is -0.351. The second-order valence-corrected chi connectivity index (χ2v) is 8.85. The monoisotopic (exact) mass is 430 g/mol. The molecule has 0 radical (unpaired) electrons. The van der Waals surface area contributed by atoms with Gasteiger partial charge in [0.15, 0.2) is 11.5 Å². The van der Waals surface area contributed by atoms with Crippen LogP contribution in [0.15, 0.2) is 23.6 Å². The van der Waals surface area contributed by atoms with Crippen LogP contribution in [0.2, 0.25) is 0 Å². The molecule has 1 aromatic carbocycles. The molecule has 1 aliphatic heterocycles. The molecule has 7 nitrogen and oxygen atoms in total. The molecule has 2 aromatic heterocycles. The van der Waals surface area contributed by atoms with Gasteiger partial charge in [-0.15, -0.1) is 11.3 Å². The second-order valence-electron chi connectivity index (χ2n) is 6.55. The van der Waals surface area contributed by atoms with Crippen molar-refractivity contribution in [1.29, 1.82) is 0 Å². The predicted molar refractivity (Wildman–Crippen MR) is 119 cm³/mol. The molecular weight excluding hydrogens is 408 g/mol. The number of thioether (sulfide) groups is 1. The quantitative estimate of drug-likeness (QED) is 0.659. The number of anilines is 2. The van der Waals surface area contributed by atoms with E-state index in [0.717, 1.165) is 41.3 Å². The van der Waals surface area contributed by atoms with E-state index in [9.17, 15) is 4.79 Å². The minimum absolute atomic E-state index is 0.165. The number of amides is 1. The molecule has 0 atom stereocenters. The average Bonchev–Trinajstić information content (AvgIpc) is 3.14. The first-order chi connectivity index (χ1) is 14.1. The third kappa shape index (κ3) is 3.97. The van der Waals surface area contributed by atoms with Crippen molar-refractivity contribution in [2.75, 3.05) is 49.0 Å². The first kappa shape index (κ1) is 19.8. The van der Waals surface area contributed by atoms with Crippen molar-refractivity contribution in [1.82, 2.24) is 9.97 Å². The van der Waals surface area contributed by atoms with Crippen LogP contribution in [0.3, 0.4) is 0 Å². The lowest BCUT2D eigenvalue weighted by molar-refractivity contribution is 0.101. The predicted octanol–water partition coefficient (Wildman–Crippen LogP) is 3.82. The number of thiophene rings is 1. The van der Waals surface area contributed by atoms with E-state index in [1.54, 1.807) is 43.8 Å². The zero-order chi connectivity index (χ0) is 20.4. The summed E-state index contributed by atoms with van der Waals surface area (Å²) in [6.45, 7) is 3.91. The lowest BCUT2D eigenvalue weighted by Crippen LogP contribution is -2.34. The number of fused-ring (bicyclic) bond motifs is 1. The van der Waals surface area contributed by atoms with Crippen LogP contribution in [0, 0.1) is 6.92 Å². The molecule has 0 aliphatic carbocycles. The number of aryl methyl sites for hydroxylation is 1. The van der Waals surface area contributed by atoms with Crippen LogP contribution in [0.5, 0.6) is 11.5 Å². The van der Waals surface area contributed by atoms with Crippen LogP contribution in [0.4, 0.5) is 11.5 Å². The Hall–Kier alpha value is -2.52. The Bertz CT molecular complexity index is 1050. The van der Waals surface area contributed by atoms with E-state index in [1.165, 1.54) is 4.88 Å². The Morgan fingerprint density at radius 1 is 1.14 bits per heavy atom. The van der Waals surface area contributed by atoms with Gasteiger partial charge in [-0.25, -0.2) is 9.97 Å². The number of hydrogen-bond acceptors (Lipinski definition) is 8. The van der Waals surface area contributed by atoms with Crippen LogP contribution in [-0.2, 0) is 0 Å². The summed E-state index contributed by atoms with van der Waals surface area (Å²) in [5.41, 5.74) is 1.40. The molecule has 3 aromatic rings. The van der Waals surface area contributed by atoms with Crippen molar-refractivity contribution < 1.29 is 14.3 Å². The first-order valence-corrected chi connectivity index (χ1v) is 11.3. The summed E-state index contributed by atoms with van der Waals surface area (Å²) in [5, 5.41) is 5.90. The number of methoxy groups -OCH3 is 2. The number of hydrogen-bond donors (Lipinski definition) is 1. The van der Waals surface area contributed by atoms with Crippen molar-refractivity contribution in [2.45, 2.75) is 6.92 Å². The number of rotatable bonds is 5. The van der Waals surface area contributed by atoms with Crippen LogP contribution in [-0.4, -0.2) is 54.7 Å². The molecule has 1 aliphatic rings. The van der Waals surface area contributed by atoms with Gasteiger partial charge in [-0.3, -0.25) is 4.79 Å². The second kappa shape index (κ2) is 8.46. The van der Waals surface area contributed by atoms with E-state index in [4.69, 9.17) is 9.47 Å². The summed E-state index contributed by atoms with van der Waals surface area (Å²) in [4.78, 5) is 25.5. The molecule has 9 heteroatoms. The fraction of sp³-hybridized carbons (Fsp3) is 0.350. The van der Waals surface area contributed by atoms with E-state index >= 15 is 0 Å². The van der Waals surface area contributed by atoms with Gasteiger partial charge in [0.1, 0.15) is 5.82 Å². The average molecular weight is 431 g/mol. The summed E-state index contributed by atoms with van der Waals surface area (Å²) in [6.07, 6.45) is 0. The molecule has 29 heavy (non-hydrogen) atoms. The van der Waals surface area contributed by atoms with Crippen LogP contribution < -0.4 is 19.7 Å². The Balaban J connectivity index is 1.67. The molecule has 1 saturated heterocycles. The van der Waals surface area contributed by atoms with Crippen molar-refractivity contribution in [3.05, 3.63) is 34.3 Å². The summed E-state index contributed by atoms with van der Waals surface area (Å²) in [7, 11) is 3.13. The van der Waals surface area contributed by atoms with E-state index in [2.05, 4.69) is 27.1 Å². The van der Waals surface area contributed by atoms with Gasteiger partial charge in [-0.1, -0.05) is 0 Å². The molecule has 1 N–H and O–H groups in total. The van der Waals surface area contributed by atoms with Gasteiger partial charge in [0.05, 0.1) is 25.1 Å². The van der Waals surface area contributed by atoms with Gasteiger partial charge in [0.25, 0.3) is 5.91 Å². The van der Waals surface area contributed by atoms with Gasteiger partial charge in [-0.2, -0.15) is 11.8 Å². The zero-order valence-electron chi connectivity index (χ0n) is 16.5. The standard InChI is InChI=1S/C20H22N4O3S2/c1-12-17-14(11-29-12)22-18(23-19(17)24-6-8-28-9-7-24)20(25)21-13-4-5-15(26-2)16(10-13)27-3/h4-5,10-11H,6-9H2,1-3H3,(H,21,25). The summed E-state index contributed by atoms with van der Waals surface area (Å²) in [6, 6.07) is 5.22. The molecule has 0 saturated carbocycles. The number of carbonyl (C=O) groups is 1. The number of nitrogens with zero attached hydrogens (tertiary/aromatic N) is 3. The maximum Gasteiger partial charge on any atom is 0.293 e. The Morgan fingerprint density at radius 3 is 2.62 bits per heavy atom. The molecule has 1 amide bonds. The third-order valence-electron chi connectivity index (χ3n) is 4.77. The largest absolute Gasteiger partial charge is 0.493 e. The normalized spacial score (nSPS) is 14.1. The summed E-state index contributed by atoms with van der Waals surface area (Å²) in [5.74, 6) is 3.92. The van der Waals surface area contributed by atoms with Gasteiger partial charge in [0.2, 0.25) is 5.82 Å². The molecule has 0 spiro atoms. The molecule has 4 rings (SSSR count). The van der Waals surface area contributed by atoms with Crippen molar-refractivity contribution in [3.63, 3.8) is 0 Å². The summed E-state index contributed by atoms with van der Waals surface area (Å²) >= 11 is 3.57. The Kier molecular flexibility index (Phi) is 5.77. The van der Waals surface area contributed by atoms with Crippen LogP contribution in [0.1, 0.15) is 15.5 Å². The minimum Gasteiger partial charge on any atom is -0.493 e. The molecule has 1 fully saturated rings. The fourth-order valence-corrected chi connectivity index (χ4v) is 4.97.